The fraction of sp³-hybridized carbons (Fsp3) is 0.273. The third-order valence-electron chi connectivity index (χ3n) is 5.13. The second-order valence-corrected chi connectivity index (χ2v) is 8.92. The van der Waals surface area contributed by atoms with Crippen LogP contribution in [0.2, 0.25) is 5.02 Å². The van der Waals surface area contributed by atoms with Gasteiger partial charge < -0.3 is 20.0 Å². The Balaban J connectivity index is 1.48. The Labute approximate surface area is 204 Å². The van der Waals surface area contributed by atoms with E-state index in [1.165, 1.54) is 16.7 Å². The first-order chi connectivity index (χ1) is 16.4. The molecule has 34 heavy (non-hydrogen) atoms. The van der Waals surface area contributed by atoms with E-state index in [2.05, 4.69) is 15.2 Å². The average Bonchev–Trinajstić information content (AvgIpc) is 3.46. The molecule has 0 bridgehead atoms. The van der Waals surface area contributed by atoms with Crippen molar-refractivity contribution >= 4 is 46.9 Å². The first-order valence-electron chi connectivity index (χ1n) is 10.4. The summed E-state index contributed by atoms with van der Waals surface area (Å²) in [6, 6.07) is 10.6. The van der Waals surface area contributed by atoms with E-state index in [9.17, 15) is 9.59 Å². The molecule has 0 aliphatic carbocycles. The topological polar surface area (TPSA) is 142 Å². The van der Waals surface area contributed by atoms with Gasteiger partial charge in [0.2, 0.25) is 17.7 Å². The number of amides is 2. The largest absolute Gasteiger partial charge is 0.406 e. The summed E-state index contributed by atoms with van der Waals surface area (Å²) < 4.78 is 5.24. The number of halogens is 1. The van der Waals surface area contributed by atoms with Gasteiger partial charge in [0.05, 0.1) is 17.3 Å². The monoisotopic (exact) mass is 497 g/mol. The summed E-state index contributed by atoms with van der Waals surface area (Å²) >= 11 is 7.64. The molecule has 0 saturated carbocycles. The third kappa shape index (κ3) is 5.65. The van der Waals surface area contributed by atoms with Crippen molar-refractivity contribution in [2.75, 3.05) is 22.9 Å². The van der Waals surface area contributed by atoms with Crippen molar-refractivity contribution in [3.05, 3.63) is 58.7 Å². The summed E-state index contributed by atoms with van der Waals surface area (Å²) in [4.78, 5) is 33.3. The summed E-state index contributed by atoms with van der Waals surface area (Å²) in [5.41, 5.74) is 7.30. The molecule has 4 rings (SSSR count). The van der Waals surface area contributed by atoms with Crippen LogP contribution in [0.25, 0.3) is 0 Å². The Hall–Kier alpha value is -3.62. The van der Waals surface area contributed by atoms with Gasteiger partial charge >= 0.3 is 6.01 Å². The number of nitrogen functional groups attached to an aromatic ring is 1. The van der Waals surface area contributed by atoms with Crippen LogP contribution in [0.1, 0.15) is 30.0 Å². The van der Waals surface area contributed by atoms with Gasteiger partial charge in [-0.05, 0) is 36.2 Å². The van der Waals surface area contributed by atoms with Crippen LogP contribution < -0.4 is 10.6 Å². The molecule has 3 heterocycles. The highest BCUT2D eigenvalue weighted by Crippen LogP contribution is 2.33. The summed E-state index contributed by atoms with van der Waals surface area (Å²) in [6.07, 6.45) is 2.90. The molecule has 1 aliphatic heterocycles. The van der Waals surface area contributed by atoms with E-state index in [1.807, 2.05) is 18.2 Å². The van der Waals surface area contributed by atoms with Crippen LogP contribution >= 0.6 is 23.4 Å². The molecule has 0 spiro atoms. The van der Waals surface area contributed by atoms with Crippen LogP contribution in [-0.2, 0) is 22.7 Å². The molecule has 0 atom stereocenters. The van der Waals surface area contributed by atoms with Gasteiger partial charge in [0.15, 0.2) is 0 Å². The molecule has 1 aromatic carbocycles. The molecule has 2 aromatic heterocycles. The van der Waals surface area contributed by atoms with Crippen molar-refractivity contribution in [3.63, 3.8) is 0 Å². The minimum atomic E-state index is -0.204. The minimum absolute atomic E-state index is 0.0552. The van der Waals surface area contributed by atoms with Crippen LogP contribution in [0.3, 0.4) is 0 Å². The fourth-order valence-electron chi connectivity index (χ4n) is 3.45. The first kappa shape index (κ1) is 23.5. The van der Waals surface area contributed by atoms with Crippen LogP contribution in [-0.4, -0.2) is 44.2 Å². The molecule has 174 valence electrons. The van der Waals surface area contributed by atoms with E-state index >= 15 is 0 Å². The van der Waals surface area contributed by atoms with E-state index < -0.39 is 0 Å². The molecule has 1 fully saturated rings. The van der Waals surface area contributed by atoms with Crippen LogP contribution in [0.4, 0.5) is 11.7 Å². The predicted octanol–water partition coefficient (Wildman–Crippen LogP) is 3.02. The van der Waals surface area contributed by atoms with Gasteiger partial charge in [-0.2, -0.15) is 5.26 Å². The zero-order chi connectivity index (χ0) is 24.1. The van der Waals surface area contributed by atoms with Crippen molar-refractivity contribution in [3.8, 4) is 6.07 Å². The van der Waals surface area contributed by atoms with Crippen LogP contribution in [0, 0.1) is 11.3 Å². The highest BCUT2D eigenvalue weighted by Gasteiger charge is 2.23. The van der Waals surface area contributed by atoms with Crippen molar-refractivity contribution < 1.29 is 14.0 Å². The molecule has 2 N–H and O–H groups in total. The quantitative estimate of drug-likeness (QED) is 0.464. The highest BCUT2D eigenvalue weighted by molar-refractivity contribution is 8.00. The number of hydrogen-bond donors (Lipinski definition) is 1. The zero-order valence-electron chi connectivity index (χ0n) is 18.0. The average molecular weight is 498 g/mol. The standard InChI is InChI=1S/C22H20ClN7O3S/c23-17-6-5-16(30-7-1-2-20(30)31)8-18(17)34-13-21(32)29(12-19-27-28-22(25)33-19)11-14-3-4-15(9-24)26-10-14/h3-6,8,10H,1-2,7,11-13H2,(H2,25,28). The van der Waals surface area contributed by atoms with Crippen molar-refractivity contribution in [1.82, 2.24) is 20.1 Å². The number of pyridine rings is 1. The molecule has 0 radical (unpaired) electrons. The van der Waals surface area contributed by atoms with Gasteiger partial charge in [-0.3, -0.25) is 9.59 Å². The van der Waals surface area contributed by atoms with E-state index in [4.69, 9.17) is 27.0 Å². The summed E-state index contributed by atoms with van der Waals surface area (Å²) in [7, 11) is 0. The Kier molecular flexibility index (Phi) is 7.30. The van der Waals surface area contributed by atoms with Crippen molar-refractivity contribution in [2.24, 2.45) is 0 Å². The lowest BCUT2D eigenvalue weighted by molar-refractivity contribution is -0.130. The normalized spacial score (nSPS) is 13.2. The Morgan fingerprint density at radius 3 is 2.79 bits per heavy atom. The molecular weight excluding hydrogens is 478 g/mol. The molecule has 10 nitrogen and oxygen atoms in total. The minimum Gasteiger partial charge on any atom is -0.406 e. The molecule has 12 heteroatoms. The van der Waals surface area contributed by atoms with Crippen molar-refractivity contribution in [1.29, 1.82) is 5.26 Å². The second kappa shape index (κ2) is 10.5. The van der Waals surface area contributed by atoms with E-state index in [0.29, 0.717) is 22.9 Å². The maximum atomic E-state index is 13.2. The smallest absolute Gasteiger partial charge is 0.312 e. The van der Waals surface area contributed by atoms with E-state index in [0.717, 1.165) is 17.7 Å². The summed E-state index contributed by atoms with van der Waals surface area (Å²) in [5.74, 6) is 0.162. The van der Waals surface area contributed by atoms with Crippen LogP contribution in [0.5, 0.6) is 0 Å². The summed E-state index contributed by atoms with van der Waals surface area (Å²) in [5, 5.41) is 16.9. The Bertz CT molecular complexity index is 1240. The number of nitriles is 1. The lowest BCUT2D eigenvalue weighted by Crippen LogP contribution is -2.31. The van der Waals surface area contributed by atoms with Gasteiger partial charge in [-0.1, -0.05) is 22.8 Å². The third-order valence-corrected chi connectivity index (χ3v) is 6.61. The number of thioether (sulfide) groups is 1. The number of carbonyl (C=O) groups excluding carboxylic acids is 2. The number of anilines is 2. The fourth-order valence-corrected chi connectivity index (χ4v) is 4.61. The molecule has 2 amide bonds. The number of nitrogens with zero attached hydrogens (tertiary/aromatic N) is 6. The zero-order valence-corrected chi connectivity index (χ0v) is 19.6. The van der Waals surface area contributed by atoms with Gasteiger partial charge in [0, 0.05) is 36.3 Å². The lowest BCUT2D eigenvalue weighted by atomic mass is 10.2. The van der Waals surface area contributed by atoms with Gasteiger partial charge in [0.1, 0.15) is 11.8 Å². The van der Waals surface area contributed by atoms with Gasteiger partial charge in [0.25, 0.3) is 0 Å². The number of nitrogens with two attached hydrogens (primary N) is 1. The maximum Gasteiger partial charge on any atom is 0.312 e. The van der Waals surface area contributed by atoms with Crippen LogP contribution in [0.15, 0.2) is 45.8 Å². The number of hydrogen-bond acceptors (Lipinski definition) is 9. The second-order valence-electron chi connectivity index (χ2n) is 7.50. The number of carbonyl (C=O) groups is 2. The lowest BCUT2D eigenvalue weighted by Gasteiger charge is -2.21. The predicted molar refractivity (Wildman–Crippen MR) is 126 cm³/mol. The van der Waals surface area contributed by atoms with Gasteiger partial charge in [-0.25, -0.2) is 4.98 Å². The number of aromatic nitrogens is 3. The Morgan fingerprint density at radius 2 is 2.15 bits per heavy atom. The molecule has 0 unspecified atom stereocenters. The maximum absolute atomic E-state index is 13.2. The SMILES string of the molecule is N#Cc1ccc(CN(Cc2nnc(N)o2)C(=O)CSc2cc(N3CCCC3=O)ccc2Cl)cn1. The van der Waals surface area contributed by atoms with E-state index in [1.54, 1.807) is 29.3 Å². The molecule has 3 aromatic rings. The highest BCUT2D eigenvalue weighted by atomic mass is 35.5. The van der Waals surface area contributed by atoms with E-state index in [-0.39, 0.29) is 48.3 Å². The molecular formula is C22H20ClN7O3S. The Morgan fingerprint density at radius 1 is 1.29 bits per heavy atom. The number of benzene rings is 1. The molecule has 1 aliphatic rings. The molecule has 1 saturated heterocycles. The van der Waals surface area contributed by atoms with Crippen molar-refractivity contribution in [2.45, 2.75) is 30.8 Å². The first-order valence-corrected chi connectivity index (χ1v) is 11.7. The number of rotatable bonds is 8. The van der Waals surface area contributed by atoms with Gasteiger partial charge in [-0.15, -0.1) is 16.9 Å². The summed E-state index contributed by atoms with van der Waals surface area (Å²) in [6.45, 7) is 0.944.